The van der Waals surface area contributed by atoms with E-state index in [9.17, 15) is 9.59 Å². The van der Waals surface area contributed by atoms with Gasteiger partial charge in [0.2, 0.25) is 5.91 Å². The highest BCUT2D eigenvalue weighted by Crippen LogP contribution is 2.32. The summed E-state index contributed by atoms with van der Waals surface area (Å²) in [5.41, 5.74) is 2.42. The van der Waals surface area contributed by atoms with Crippen LogP contribution in [-0.2, 0) is 4.79 Å². The summed E-state index contributed by atoms with van der Waals surface area (Å²) >= 11 is 5.51. The fourth-order valence-corrected chi connectivity index (χ4v) is 2.08. The van der Waals surface area contributed by atoms with Crippen LogP contribution in [0.25, 0.3) is 0 Å². The minimum Gasteiger partial charge on any atom is -0.326 e. The molecule has 1 aliphatic heterocycles. The van der Waals surface area contributed by atoms with E-state index >= 15 is 0 Å². The molecule has 0 saturated carbocycles. The minimum atomic E-state index is -0.0893. The maximum Gasteiger partial charge on any atom is 0.224 e. The smallest absolute Gasteiger partial charge is 0.224 e. The first-order valence-corrected chi connectivity index (χ1v) is 5.68. The molecule has 0 radical (unpaired) electrons. The third-order valence-electron chi connectivity index (χ3n) is 2.79. The van der Waals surface area contributed by atoms with Crippen molar-refractivity contribution >= 4 is 29.0 Å². The molecule has 1 amide bonds. The Morgan fingerprint density at radius 2 is 2.31 bits per heavy atom. The molecule has 0 spiro atoms. The molecule has 1 aliphatic rings. The van der Waals surface area contributed by atoms with Crippen molar-refractivity contribution in [1.29, 1.82) is 0 Å². The molecule has 2 rings (SSSR count). The van der Waals surface area contributed by atoms with Gasteiger partial charge in [0.25, 0.3) is 0 Å². The number of nitrogens with one attached hydrogen (secondary N) is 1. The van der Waals surface area contributed by atoms with Gasteiger partial charge in [0.05, 0.1) is 5.88 Å². The predicted octanol–water partition coefficient (Wildman–Crippen LogP) is 2.55. The number of anilines is 1. The second kappa shape index (κ2) is 4.26. The van der Waals surface area contributed by atoms with Gasteiger partial charge in [0.1, 0.15) is 0 Å². The molecular formula is C12H12ClNO2. The van der Waals surface area contributed by atoms with Crippen molar-refractivity contribution < 1.29 is 9.59 Å². The van der Waals surface area contributed by atoms with Crippen LogP contribution >= 0.6 is 11.6 Å². The molecule has 3 nitrogen and oxygen atoms in total. The monoisotopic (exact) mass is 237 g/mol. The Bertz CT molecular complexity index is 456. The summed E-state index contributed by atoms with van der Waals surface area (Å²) in [6.45, 7) is 1.98. The number of benzene rings is 1. The quantitative estimate of drug-likeness (QED) is 0.635. The van der Waals surface area contributed by atoms with Crippen molar-refractivity contribution in [2.24, 2.45) is 0 Å². The summed E-state index contributed by atoms with van der Waals surface area (Å²) in [5.74, 6) is 0.0660. The summed E-state index contributed by atoms with van der Waals surface area (Å²) in [6.07, 6.45) is 0.464. The fourth-order valence-electron chi connectivity index (χ4n) is 1.92. The number of halogens is 1. The first-order valence-electron chi connectivity index (χ1n) is 5.14. The van der Waals surface area contributed by atoms with E-state index in [0.717, 1.165) is 11.3 Å². The lowest BCUT2D eigenvalue weighted by Crippen LogP contribution is -2.21. The number of ketones is 1. The van der Waals surface area contributed by atoms with Gasteiger partial charge in [-0.05, 0) is 29.7 Å². The number of rotatable bonds is 2. The van der Waals surface area contributed by atoms with Crippen LogP contribution < -0.4 is 5.32 Å². The van der Waals surface area contributed by atoms with Crippen LogP contribution in [0.15, 0.2) is 18.2 Å². The summed E-state index contributed by atoms with van der Waals surface area (Å²) in [4.78, 5) is 22.8. The summed E-state index contributed by atoms with van der Waals surface area (Å²) in [7, 11) is 0. The molecule has 0 fully saturated rings. The normalized spacial score (nSPS) is 18.9. The maximum atomic E-state index is 11.5. The lowest BCUT2D eigenvalue weighted by molar-refractivity contribution is -0.116. The second-order valence-corrected chi connectivity index (χ2v) is 4.28. The SMILES string of the molecule is CC1CC(=O)Nc2ccc(C(=O)CCl)cc21. The zero-order valence-electron chi connectivity index (χ0n) is 8.92. The molecule has 1 aromatic rings. The fraction of sp³-hybridized carbons (Fsp3) is 0.333. The van der Waals surface area contributed by atoms with Crippen molar-refractivity contribution in [3.63, 3.8) is 0 Å². The van der Waals surface area contributed by atoms with Crippen LogP contribution in [0.5, 0.6) is 0 Å². The van der Waals surface area contributed by atoms with E-state index < -0.39 is 0 Å². The lowest BCUT2D eigenvalue weighted by Gasteiger charge is -2.23. The maximum absolute atomic E-state index is 11.5. The third-order valence-corrected chi connectivity index (χ3v) is 3.03. The second-order valence-electron chi connectivity index (χ2n) is 4.01. The first-order chi connectivity index (χ1) is 7.61. The topological polar surface area (TPSA) is 46.2 Å². The number of carbonyl (C=O) groups is 2. The van der Waals surface area contributed by atoms with Gasteiger partial charge in [-0.3, -0.25) is 9.59 Å². The number of carbonyl (C=O) groups excluding carboxylic acids is 2. The van der Waals surface area contributed by atoms with Crippen LogP contribution in [-0.4, -0.2) is 17.6 Å². The van der Waals surface area contributed by atoms with Crippen molar-refractivity contribution in [3.8, 4) is 0 Å². The van der Waals surface area contributed by atoms with Crippen molar-refractivity contribution in [2.75, 3.05) is 11.2 Å². The van der Waals surface area contributed by atoms with Crippen LogP contribution in [0.2, 0.25) is 0 Å². The molecule has 1 atom stereocenters. The van der Waals surface area contributed by atoms with E-state index in [1.807, 2.05) is 13.0 Å². The molecule has 1 N–H and O–H groups in total. The molecule has 4 heteroatoms. The van der Waals surface area contributed by atoms with Crippen molar-refractivity contribution in [1.82, 2.24) is 0 Å². The molecule has 0 saturated heterocycles. The Balaban J connectivity index is 2.42. The standard InChI is InChI=1S/C12H12ClNO2/c1-7-4-12(16)14-10-3-2-8(5-9(7)10)11(15)6-13/h2-3,5,7H,4,6H2,1H3,(H,14,16). The highest BCUT2D eigenvalue weighted by atomic mass is 35.5. The zero-order valence-corrected chi connectivity index (χ0v) is 9.67. The highest BCUT2D eigenvalue weighted by Gasteiger charge is 2.22. The van der Waals surface area contributed by atoms with E-state index in [2.05, 4.69) is 5.32 Å². The number of hydrogen-bond donors (Lipinski definition) is 1. The van der Waals surface area contributed by atoms with Gasteiger partial charge >= 0.3 is 0 Å². The van der Waals surface area contributed by atoms with E-state index in [1.165, 1.54) is 0 Å². The van der Waals surface area contributed by atoms with Gasteiger partial charge in [-0.25, -0.2) is 0 Å². The van der Waals surface area contributed by atoms with E-state index in [0.29, 0.717) is 12.0 Å². The molecule has 1 unspecified atom stereocenters. The molecular weight excluding hydrogens is 226 g/mol. The van der Waals surface area contributed by atoms with E-state index in [-0.39, 0.29) is 23.5 Å². The summed E-state index contributed by atoms with van der Waals surface area (Å²) in [6, 6.07) is 5.29. The third kappa shape index (κ3) is 1.95. The van der Waals surface area contributed by atoms with Gasteiger partial charge < -0.3 is 5.32 Å². The van der Waals surface area contributed by atoms with E-state index in [1.54, 1.807) is 12.1 Å². The van der Waals surface area contributed by atoms with Gasteiger partial charge in [-0.15, -0.1) is 11.6 Å². The number of fused-ring (bicyclic) bond motifs is 1. The average molecular weight is 238 g/mol. The molecule has 1 heterocycles. The van der Waals surface area contributed by atoms with Crippen LogP contribution in [0.4, 0.5) is 5.69 Å². The molecule has 1 aromatic carbocycles. The number of hydrogen-bond acceptors (Lipinski definition) is 2. The molecule has 0 aromatic heterocycles. The average Bonchev–Trinajstić information content (AvgIpc) is 2.27. The zero-order chi connectivity index (χ0) is 11.7. The lowest BCUT2D eigenvalue weighted by atomic mass is 9.90. The molecule has 0 bridgehead atoms. The Labute approximate surface area is 98.8 Å². The molecule has 84 valence electrons. The summed E-state index contributed by atoms with van der Waals surface area (Å²) < 4.78 is 0. The minimum absolute atomic E-state index is 0.0144. The van der Waals surface area contributed by atoms with Crippen molar-refractivity contribution in [3.05, 3.63) is 29.3 Å². The highest BCUT2D eigenvalue weighted by molar-refractivity contribution is 6.30. The van der Waals surface area contributed by atoms with Gasteiger partial charge in [0.15, 0.2) is 5.78 Å². The van der Waals surface area contributed by atoms with Crippen LogP contribution in [0.1, 0.15) is 35.2 Å². The Hall–Kier alpha value is -1.35. The van der Waals surface area contributed by atoms with Gasteiger partial charge in [-0.2, -0.15) is 0 Å². The number of alkyl halides is 1. The first kappa shape index (κ1) is 11.1. The largest absolute Gasteiger partial charge is 0.326 e. The van der Waals surface area contributed by atoms with Crippen LogP contribution in [0, 0.1) is 0 Å². The number of amides is 1. The van der Waals surface area contributed by atoms with Crippen LogP contribution in [0.3, 0.4) is 0 Å². The predicted molar refractivity (Wildman–Crippen MR) is 63.2 cm³/mol. The van der Waals surface area contributed by atoms with Gasteiger partial charge in [-0.1, -0.05) is 6.92 Å². The summed E-state index contributed by atoms with van der Waals surface area (Å²) in [5, 5.41) is 2.79. The van der Waals surface area contributed by atoms with Gasteiger partial charge in [0, 0.05) is 17.7 Å². The van der Waals surface area contributed by atoms with E-state index in [4.69, 9.17) is 11.6 Å². The van der Waals surface area contributed by atoms with Crippen molar-refractivity contribution in [2.45, 2.75) is 19.3 Å². The Morgan fingerprint density at radius 1 is 1.56 bits per heavy atom. The number of Topliss-reactive ketones (excluding diaryl/α,β-unsaturated/α-hetero) is 1. The Kier molecular flexibility index (Phi) is 2.97. The Morgan fingerprint density at radius 3 is 3.00 bits per heavy atom. The molecule has 16 heavy (non-hydrogen) atoms. The molecule has 0 aliphatic carbocycles.